The summed E-state index contributed by atoms with van der Waals surface area (Å²) in [5, 5.41) is 0. The van der Waals surface area contributed by atoms with E-state index >= 15 is 0 Å². The van der Waals surface area contributed by atoms with Crippen molar-refractivity contribution in [2.24, 2.45) is 28.1 Å². The molecule has 0 aliphatic carbocycles. The first-order valence-corrected chi connectivity index (χ1v) is 12.6. The molecule has 0 saturated carbocycles. The Balaban J connectivity index is 0. The molecule has 0 aliphatic heterocycles. The summed E-state index contributed by atoms with van der Waals surface area (Å²) in [5.41, 5.74) is 1.38. The van der Waals surface area contributed by atoms with Crippen molar-refractivity contribution in [2.45, 2.75) is 109 Å². The van der Waals surface area contributed by atoms with Gasteiger partial charge in [-0.1, -0.05) is 83.1 Å². The third-order valence-electron chi connectivity index (χ3n) is 6.50. The highest BCUT2D eigenvalue weighted by Crippen LogP contribution is 2.38. The monoisotopic (exact) mass is 442 g/mol. The van der Waals surface area contributed by atoms with Crippen molar-refractivity contribution in [3.63, 3.8) is 0 Å². The molecule has 0 spiro atoms. The number of hydrogen-bond donors (Lipinski definition) is 0. The van der Waals surface area contributed by atoms with Crippen LogP contribution in [0.5, 0.6) is 0 Å². The van der Waals surface area contributed by atoms with E-state index in [-0.39, 0.29) is 5.54 Å². The molecule has 0 bridgehead atoms. The van der Waals surface area contributed by atoms with Gasteiger partial charge in [0.15, 0.2) is 0 Å². The molecular formula is C28H63N3. The molecule has 0 radical (unpaired) electrons. The van der Waals surface area contributed by atoms with Crippen molar-refractivity contribution in [3.8, 4) is 0 Å². The highest BCUT2D eigenvalue weighted by Gasteiger charge is 2.33. The van der Waals surface area contributed by atoms with Gasteiger partial charge in [-0.05, 0) is 69.5 Å². The summed E-state index contributed by atoms with van der Waals surface area (Å²) in [6.07, 6.45) is 1.21. The van der Waals surface area contributed by atoms with Crippen molar-refractivity contribution in [2.75, 3.05) is 47.4 Å². The van der Waals surface area contributed by atoms with E-state index in [9.17, 15) is 0 Å². The van der Waals surface area contributed by atoms with Gasteiger partial charge >= 0.3 is 0 Å². The highest BCUT2D eigenvalue weighted by atomic mass is 15.3. The van der Waals surface area contributed by atoms with Crippen molar-refractivity contribution in [3.05, 3.63) is 0 Å². The smallest absolute Gasteiger partial charge is 0.0505 e. The Morgan fingerprint density at radius 2 is 1.00 bits per heavy atom. The van der Waals surface area contributed by atoms with Crippen LogP contribution in [0, 0.1) is 28.1 Å². The van der Waals surface area contributed by atoms with E-state index in [0.29, 0.717) is 16.2 Å². The minimum Gasteiger partial charge on any atom is -0.306 e. The molecule has 0 aromatic heterocycles. The van der Waals surface area contributed by atoms with Crippen LogP contribution in [0.1, 0.15) is 103 Å². The van der Waals surface area contributed by atoms with E-state index in [2.05, 4.69) is 133 Å². The van der Waals surface area contributed by atoms with Gasteiger partial charge in [0.2, 0.25) is 0 Å². The summed E-state index contributed by atoms with van der Waals surface area (Å²) < 4.78 is 0. The summed E-state index contributed by atoms with van der Waals surface area (Å²) in [4.78, 5) is 7.34. The molecule has 3 nitrogen and oxygen atoms in total. The van der Waals surface area contributed by atoms with Crippen LogP contribution in [-0.2, 0) is 0 Å². The molecular weight excluding hydrogens is 378 g/mol. The molecule has 0 fully saturated rings. The fraction of sp³-hybridized carbons (Fsp3) is 1.00. The lowest BCUT2D eigenvalue weighted by atomic mass is 9.69. The second kappa shape index (κ2) is 12.9. The topological polar surface area (TPSA) is 9.72 Å². The Hall–Kier alpha value is -0.120. The Morgan fingerprint density at radius 3 is 1.32 bits per heavy atom. The van der Waals surface area contributed by atoms with Gasteiger partial charge in [0.1, 0.15) is 0 Å². The third kappa shape index (κ3) is 16.2. The molecule has 3 heteroatoms. The first kappa shape index (κ1) is 33.1. The zero-order chi connectivity index (χ0) is 25.4. The van der Waals surface area contributed by atoms with Crippen LogP contribution in [0.4, 0.5) is 0 Å². The van der Waals surface area contributed by atoms with Gasteiger partial charge in [0.05, 0.1) is 6.67 Å². The minimum absolute atomic E-state index is 0.253. The maximum absolute atomic E-state index is 2.47. The fourth-order valence-corrected chi connectivity index (χ4v) is 4.27. The predicted octanol–water partition coefficient (Wildman–Crippen LogP) is 7.32. The summed E-state index contributed by atoms with van der Waals surface area (Å²) in [5.74, 6) is 1.50. The molecule has 0 aromatic rings. The molecule has 0 heterocycles. The van der Waals surface area contributed by atoms with Crippen molar-refractivity contribution in [1.29, 1.82) is 0 Å². The van der Waals surface area contributed by atoms with Gasteiger partial charge in [0, 0.05) is 25.2 Å². The molecule has 31 heavy (non-hydrogen) atoms. The van der Waals surface area contributed by atoms with Gasteiger partial charge in [-0.2, -0.15) is 0 Å². The molecule has 0 amide bonds. The SMILES string of the molecule is CC(C)CN(C)CC(C)(C)C(C)(C)C.CC(C)CN(C)CN(C)C(C)(C)CC(C)(C)C. The average Bonchev–Trinajstić information content (AvgIpc) is 2.40. The molecule has 0 aliphatic rings. The zero-order valence-corrected chi connectivity index (χ0v) is 25.0. The Kier molecular flexibility index (Phi) is 13.8. The van der Waals surface area contributed by atoms with E-state index in [0.717, 1.165) is 25.0 Å². The van der Waals surface area contributed by atoms with Crippen LogP contribution >= 0.6 is 0 Å². The molecule has 0 atom stereocenters. The maximum atomic E-state index is 2.47. The highest BCUT2D eigenvalue weighted by molar-refractivity contribution is 4.85. The molecule has 0 unspecified atom stereocenters. The van der Waals surface area contributed by atoms with E-state index in [1.54, 1.807) is 0 Å². The van der Waals surface area contributed by atoms with Gasteiger partial charge in [-0.3, -0.25) is 9.80 Å². The van der Waals surface area contributed by atoms with Gasteiger partial charge in [-0.25, -0.2) is 0 Å². The second-order valence-electron chi connectivity index (χ2n) is 14.5. The van der Waals surface area contributed by atoms with Gasteiger partial charge in [0.25, 0.3) is 0 Å². The van der Waals surface area contributed by atoms with Gasteiger partial charge in [-0.15, -0.1) is 0 Å². The van der Waals surface area contributed by atoms with Crippen LogP contribution in [0.25, 0.3) is 0 Å². The van der Waals surface area contributed by atoms with Gasteiger partial charge < -0.3 is 4.90 Å². The number of rotatable bonds is 10. The molecule has 0 aromatic carbocycles. The lowest BCUT2D eigenvalue weighted by Crippen LogP contribution is -2.48. The molecule has 0 saturated heterocycles. The van der Waals surface area contributed by atoms with E-state index in [4.69, 9.17) is 0 Å². The van der Waals surface area contributed by atoms with Crippen LogP contribution < -0.4 is 0 Å². The van der Waals surface area contributed by atoms with Crippen molar-refractivity contribution >= 4 is 0 Å². The molecule has 0 rings (SSSR count). The fourth-order valence-electron chi connectivity index (χ4n) is 4.27. The lowest BCUT2D eigenvalue weighted by molar-refractivity contribution is 0.0509. The summed E-state index contributed by atoms with van der Waals surface area (Å²) >= 11 is 0. The van der Waals surface area contributed by atoms with Crippen molar-refractivity contribution < 1.29 is 0 Å². The molecule has 0 N–H and O–H groups in total. The Morgan fingerprint density at radius 1 is 0.613 bits per heavy atom. The summed E-state index contributed by atoms with van der Waals surface area (Å²) in [6, 6.07) is 0. The summed E-state index contributed by atoms with van der Waals surface area (Å²) in [6.45, 7) is 37.1. The van der Waals surface area contributed by atoms with E-state index in [1.165, 1.54) is 19.5 Å². The van der Waals surface area contributed by atoms with Crippen molar-refractivity contribution in [1.82, 2.24) is 14.7 Å². The zero-order valence-electron chi connectivity index (χ0n) is 25.0. The second-order valence-corrected chi connectivity index (χ2v) is 14.5. The van der Waals surface area contributed by atoms with Crippen LogP contribution in [0.15, 0.2) is 0 Å². The summed E-state index contributed by atoms with van der Waals surface area (Å²) in [7, 11) is 6.68. The third-order valence-corrected chi connectivity index (χ3v) is 6.50. The van der Waals surface area contributed by atoms with Crippen LogP contribution in [-0.4, -0.2) is 67.7 Å². The Bertz CT molecular complexity index is 464. The quantitative estimate of drug-likeness (QED) is 0.329. The largest absolute Gasteiger partial charge is 0.306 e. The first-order valence-electron chi connectivity index (χ1n) is 12.6. The first-order chi connectivity index (χ1) is 13.5. The van der Waals surface area contributed by atoms with E-state index < -0.39 is 0 Å². The van der Waals surface area contributed by atoms with Crippen LogP contribution in [0.3, 0.4) is 0 Å². The lowest BCUT2D eigenvalue weighted by Gasteiger charge is -2.42. The standard InChI is InChI=1S/C15H34N2.C13H29N/c1-13(2)10-16(8)12-17(9)15(6,7)11-14(3,4)5;1-11(2)9-14(8)10-13(6,7)12(3,4)5/h13H,10-12H2,1-9H3;11H,9-10H2,1-8H3. The number of nitrogens with zero attached hydrogens (tertiary/aromatic N) is 3. The average molecular weight is 442 g/mol. The molecule has 190 valence electrons. The number of hydrogen-bond acceptors (Lipinski definition) is 3. The maximum Gasteiger partial charge on any atom is 0.0505 e. The normalized spacial score (nSPS) is 14.1. The van der Waals surface area contributed by atoms with E-state index in [1.807, 2.05) is 0 Å². The Labute approximate surface area is 199 Å². The van der Waals surface area contributed by atoms with Crippen LogP contribution in [0.2, 0.25) is 0 Å². The predicted molar refractivity (Wildman–Crippen MR) is 144 cm³/mol. The minimum atomic E-state index is 0.253.